The van der Waals surface area contributed by atoms with E-state index in [1.165, 1.54) is 45.3 Å². The molecule has 1 N–H and O–H groups in total. The maximum absolute atomic E-state index is 3.44. The third-order valence-electron chi connectivity index (χ3n) is 3.15. The molecular formula is C13H28N2. The van der Waals surface area contributed by atoms with Crippen LogP contribution in [0.5, 0.6) is 0 Å². The molecule has 0 heterocycles. The van der Waals surface area contributed by atoms with Gasteiger partial charge in [-0.15, -0.1) is 0 Å². The fourth-order valence-electron chi connectivity index (χ4n) is 2.08. The predicted molar refractivity (Wildman–Crippen MR) is 67.2 cm³/mol. The Labute approximate surface area is 95.4 Å². The Kier molecular flexibility index (Phi) is 6.26. The molecule has 90 valence electrons. The summed E-state index contributed by atoms with van der Waals surface area (Å²) < 4.78 is 0. The molecule has 1 aliphatic rings. The van der Waals surface area contributed by atoms with Crippen molar-refractivity contribution in [3.05, 3.63) is 0 Å². The average molecular weight is 212 g/mol. The summed E-state index contributed by atoms with van der Waals surface area (Å²) >= 11 is 0. The van der Waals surface area contributed by atoms with Crippen LogP contribution >= 0.6 is 0 Å². The van der Waals surface area contributed by atoms with Crippen molar-refractivity contribution in [1.29, 1.82) is 0 Å². The number of hydrogen-bond donors (Lipinski definition) is 1. The quantitative estimate of drug-likeness (QED) is 0.632. The number of nitrogens with zero attached hydrogens (tertiary/aromatic N) is 1. The minimum absolute atomic E-state index is 0.794. The number of nitrogens with one attached hydrogen (secondary N) is 1. The van der Waals surface area contributed by atoms with Gasteiger partial charge in [-0.1, -0.05) is 27.2 Å². The Morgan fingerprint density at radius 1 is 1.33 bits per heavy atom. The van der Waals surface area contributed by atoms with E-state index in [-0.39, 0.29) is 0 Å². The second-order valence-electron chi connectivity index (χ2n) is 4.99. The van der Waals surface area contributed by atoms with Crippen molar-refractivity contribution in [2.45, 2.75) is 52.5 Å². The molecule has 0 bridgehead atoms. The molecule has 2 heteroatoms. The van der Waals surface area contributed by atoms with Gasteiger partial charge in [-0.3, -0.25) is 0 Å². The van der Waals surface area contributed by atoms with Crippen LogP contribution in [0.4, 0.5) is 0 Å². The maximum Gasteiger partial charge on any atom is 0.00965 e. The van der Waals surface area contributed by atoms with Gasteiger partial charge in [-0.05, 0) is 44.8 Å². The Bertz CT molecular complexity index is 155. The first kappa shape index (κ1) is 13.0. The van der Waals surface area contributed by atoms with E-state index in [1.54, 1.807) is 0 Å². The lowest BCUT2D eigenvalue weighted by Crippen LogP contribution is -2.35. The summed E-state index contributed by atoms with van der Waals surface area (Å²) in [6, 6.07) is 0.931. The number of hydrogen-bond acceptors (Lipinski definition) is 2. The minimum Gasteiger partial charge on any atom is -0.317 e. The van der Waals surface area contributed by atoms with Gasteiger partial charge in [0, 0.05) is 12.6 Å². The lowest BCUT2D eigenvalue weighted by molar-refractivity contribution is 0.222. The van der Waals surface area contributed by atoms with Gasteiger partial charge < -0.3 is 10.2 Å². The molecule has 2 nitrogen and oxygen atoms in total. The van der Waals surface area contributed by atoms with Crippen molar-refractivity contribution < 1.29 is 0 Å². The maximum atomic E-state index is 3.44. The molecule has 0 aromatic carbocycles. The van der Waals surface area contributed by atoms with E-state index in [0.29, 0.717) is 0 Å². The third kappa shape index (κ3) is 5.53. The molecule has 15 heavy (non-hydrogen) atoms. The van der Waals surface area contributed by atoms with E-state index in [2.05, 4.69) is 31.0 Å². The van der Waals surface area contributed by atoms with Gasteiger partial charge >= 0.3 is 0 Å². The van der Waals surface area contributed by atoms with Gasteiger partial charge in [0.1, 0.15) is 0 Å². The van der Waals surface area contributed by atoms with E-state index < -0.39 is 0 Å². The fourth-order valence-corrected chi connectivity index (χ4v) is 2.08. The SMILES string of the molecule is CCCCN(CC(C)CNCC)C1CC1. The molecule has 0 aliphatic heterocycles. The highest BCUT2D eigenvalue weighted by atomic mass is 15.2. The molecule has 0 spiro atoms. The first-order valence-corrected chi connectivity index (χ1v) is 6.72. The van der Waals surface area contributed by atoms with Crippen molar-refractivity contribution in [3.8, 4) is 0 Å². The number of unbranched alkanes of at least 4 members (excludes halogenated alkanes) is 1. The zero-order chi connectivity index (χ0) is 11.1. The van der Waals surface area contributed by atoms with Gasteiger partial charge in [0.15, 0.2) is 0 Å². The molecule has 1 aliphatic carbocycles. The van der Waals surface area contributed by atoms with Gasteiger partial charge in [0.2, 0.25) is 0 Å². The van der Waals surface area contributed by atoms with Crippen molar-refractivity contribution in [3.63, 3.8) is 0 Å². The largest absolute Gasteiger partial charge is 0.317 e. The van der Waals surface area contributed by atoms with Crippen molar-refractivity contribution in [2.24, 2.45) is 5.92 Å². The van der Waals surface area contributed by atoms with Crippen LogP contribution in [0.3, 0.4) is 0 Å². The van der Waals surface area contributed by atoms with E-state index >= 15 is 0 Å². The summed E-state index contributed by atoms with van der Waals surface area (Å²) in [6.07, 6.45) is 5.57. The van der Waals surface area contributed by atoms with Gasteiger partial charge in [0.05, 0.1) is 0 Å². The third-order valence-corrected chi connectivity index (χ3v) is 3.15. The average Bonchev–Trinajstić information content (AvgIpc) is 3.04. The minimum atomic E-state index is 0.794. The van der Waals surface area contributed by atoms with Gasteiger partial charge in [-0.25, -0.2) is 0 Å². The van der Waals surface area contributed by atoms with Crippen LogP contribution < -0.4 is 5.32 Å². The highest BCUT2D eigenvalue weighted by Gasteiger charge is 2.28. The molecule has 0 aromatic rings. The van der Waals surface area contributed by atoms with Crippen LogP contribution in [0.1, 0.15) is 46.5 Å². The lowest BCUT2D eigenvalue weighted by atomic mass is 10.1. The highest BCUT2D eigenvalue weighted by molar-refractivity contribution is 4.85. The Balaban J connectivity index is 2.17. The van der Waals surface area contributed by atoms with Crippen LogP contribution in [-0.4, -0.2) is 37.1 Å². The van der Waals surface area contributed by atoms with Crippen LogP contribution in [-0.2, 0) is 0 Å². The summed E-state index contributed by atoms with van der Waals surface area (Å²) in [4.78, 5) is 2.71. The molecular weight excluding hydrogens is 184 g/mol. The molecule has 0 amide bonds. The molecule has 0 saturated heterocycles. The normalized spacial score (nSPS) is 18.4. The first-order chi connectivity index (χ1) is 7.27. The molecule has 1 unspecified atom stereocenters. The van der Waals surface area contributed by atoms with Crippen LogP contribution in [0, 0.1) is 5.92 Å². The summed E-state index contributed by atoms with van der Waals surface area (Å²) in [5.41, 5.74) is 0. The lowest BCUT2D eigenvalue weighted by Gasteiger charge is -2.25. The summed E-state index contributed by atoms with van der Waals surface area (Å²) in [5.74, 6) is 0.794. The van der Waals surface area contributed by atoms with E-state index in [4.69, 9.17) is 0 Å². The fraction of sp³-hybridized carbons (Fsp3) is 1.00. The Hall–Kier alpha value is -0.0800. The van der Waals surface area contributed by atoms with E-state index in [9.17, 15) is 0 Å². The molecule has 1 rings (SSSR count). The molecule has 0 aromatic heterocycles. The predicted octanol–water partition coefficient (Wildman–Crippen LogP) is 2.50. The first-order valence-electron chi connectivity index (χ1n) is 6.72. The molecule has 0 radical (unpaired) electrons. The smallest absolute Gasteiger partial charge is 0.00965 e. The van der Waals surface area contributed by atoms with E-state index in [1.807, 2.05) is 0 Å². The second-order valence-corrected chi connectivity index (χ2v) is 4.99. The highest BCUT2D eigenvalue weighted by Crippen LogP contribution is 2.27. The van der Waals surface area contributed by atoms with Gasteiger partial charge in [-0.2, -0.15) is 0 Å². The number of rotatable bonds is 9. The summed E-state index contributed by atoms with van der Waals surface area (Å²) in [6.45, 7) is 11.7. The van der Waals surface area contributed by atoms with Crippen molar-refractivity contribution in [2.75, 3.05) is 26.2 Å². The van der Waals surface area contributed by atoms with E-state index in [0.717, 1.165) is 18.5 Å². The van der Waals surface area contributed by atoms with Crippen LogP contribution in [0.15, 0.2) is 0 Å². The summed E-state index contributed by atoms with van der Waals surface area (Å²) in [7, 11) is 0. The van der Waals surface area contributed by atoms with Crippen LogP contribution in [0.2, 0.25) is 0 Å². The van der Waals surface area contributed by atoms with Crippen molar-refractivity contribution in [1.82, 2.24) is 10.2 Å². The Morgan fingerprint density at radius 3 is 2.60 bits per heavy atom. The molecule has 1 fully saturated rings. The zero-order valence-corrected chi connectivity index (χ0v) is 10.8. The van der Waals surface area contributed by atoms with Crippen LogP contribution in [0.25, 0.3) is 0 Å². The monoisotopic (exact) mass is 212 g/mol. The Morgan fingerprint density at radius 2 is 2.07 bits per heavy atom. The molecule has 1 atom stereocenters. The van der Waals surface area contributed by atoms with Gasteiger partial charge in [0.25, 0.3) is 0 Å². The zero-order valence-electron chi connectivity index (χ0n) is 10.8. The second kappa shape index (κ2) is 7.24. The van der Waals surface area contributed by atoms with Crippen molar-refractivity contribution >= 4 is 0 Å². The topological polar surface area (TPSA) is 15.3 Å². The standard InChI is InChI=1S/C13H28N2/c1-4-6-9-15(13-7-8-13)11-12(3)10-14-5-2/h12-14H,4-11H2,1-3H3. The molecule has 1 saturated carbocycles. The summed E-state index contributed by atoms with van der Waals surface area (Å²) in [5, 5.41) is 3.44.